The van der Waals surface area contributed by atoms with Crippen LogP contribution in [0.4, 0.5) is 5.69 Å². The van der Waals surface area contributed by atoms with Crippen LogP contribution in [0.2, 0.25) is 5.02 Å². The van der Waals surface area contributed by atoms with Gasteiger partial charge in [-0.1, -0.05) is 55.8 Å². The van der Waals surface area contributed by atoms with Gasteiger partial charge < -0.3 is 15.0 Å². The summed E-state index contributed by atoms with van der Waals surface area (Å²) < 4.78 is 5.29. The van der Waals surface area contributed by atoms with E-state index >= 15 is 0 Å². The number of carbonyl (C=O) groups is 3. The maximum absolute atomic E-state index is 12.7. The average Bonchev–Trinajstić information content (AvgIpc) is 3.05. The van der Waals surface area contributed by atoms with E-state index in [-0.39, 0.29) is 30.0 Å². The molecule has 1 heterocycles. The molecular weight excluding hydrogens is 404 g/mol. The van der Waals surface area contributed by atoms with Crippen molar-refractivity contribution in [2.24, 2.45) is 5.92 Å². The summed E-state index contributed by atoms with van der Waals surface area (Å²) >= 11 is 6.06. The van der Waals surface area contributed by atoms with Crippen molar-refractivity contribution in [1.82, 2.24) is 5.32 Å². The summed E-state index contributed by atoms with van der Waals surface area (Å²) in [5.74, 6) is -1.64. The van der Waals surface area contributed by atoms with E-state index in [1.165, 1.54) is 0 Å². The third-order valence-corrected chi connectivity index (χ3v) is 5.47. The number of fused-ring (bicyclic) bond motifs is 1. The zero-order valence-corrected chi connectivity index (χ0v) is 18.0. The average molecular weight is 429 g/mol. The third kappa shape index (κ3) is 4.65. The molecule has 1 unspecified atom stereocenters. The van der Waals surface area contributed by atoms with E-state index in [1.807, 2.05) is 31.2 Å². The lowest BCUT2D eigenvalue weighted by molar-refractivity contribution is -0.150. The highest BCUT2D eigenvalue weighted by molar-refractivity contribution is 6.33. The second-order valence-corrected chi connectivity index (χ2v) is 8.14. The quantitative estimate of drug-likeness (QED) is 0.713. The molecule has 0 saturated heterocycles. The van der Waals surface area contributed by atoms with Crippen LogP contribution in [0.25, 0.3) is 0 Å². The summed E-state index contributed by atoms with van der Waals surface area (Å²) in [5.41, 5.74) is 2.21. The molecule has 2 atom stereocenters. The Hall–Kier alpha value is -2.86. The summed E-state index contributed by atoms with van der Waals surface area (Å²) in [6.45, 7) is 5.15. The number of anilines is 1. The fourth-order valence-electron chi connectivity index (χ4n) is 3.60. The molecule has 3 rings (SSSR count). The van der Waals surface area contributed by atoms with Crippen LogP contribution in [-0.2, 0) is 20.7 Å². The first-order chi connectivity index (χ1) is 14.3. The van der Waals surface area contributed by atoms with E-state index in [4.69, 9.17) is 16.3 Å². The monoisotopic (exact) mass is 428 g/mol. The van der Waals surface area contributed by atoms with E-state index in [2.05, 4.69) is 5.32 Å². The number of carbonyl (C=O) groups excluding carboxylic acids is 3. The van der Waals surface area contributed by atoms with Crippen LogP contribution < -0.4 is 10.2 Å². The van der Waals surface area contributed by atoms with Gasteiger partial charge in [0, 0.05) is 11.7 Å². The number of esters is 1. The maximum Gasteiger partial charge on any atom is 0.329 e. The molecule has 2 amide bonds. The Labute approximate surface area is 181 Å². The van der Waals surface area contributed by atoms with Crippen LogP contribution in [0.1, 0.15) is 36.7 Å². The summed E-state index contributed by atoms with van der Waals surface area (Å²) in [5, 5.41) is 2.96. The summed E-state index contributed by atoms with van der Waals surface area (Å²) in [7, 11) is 0. The van der Waals surface area contributed by atoms with E-state index in [0.717, 1.165) is 17.7 Å². The molecule has 1 aliphatic rings. The highest BCUT2D eigenvalue weighted by atomic mass is 35.5. The molecular formula is C23H25ClN2O4. The van der Waals surface area contributed by atoms with Crippen molar-refractivity contribution >= 4 is 35.1 Å². The number of amides is 2. The minimum atomic E-state index is -0.898. The summed E-state index contributed by atoms with van der Waals surface area (Å²) in [4.78, 5) is 39.6. The van der Waals surface area contributed by atoms with Gasteiger partial charge in [-0.25, -0.2) is 4.79 Å². The minimum absolute atomic E-state index is 0.00516. The van der Waals surface area contributed by atoms with Crippen molar-refractivity contribution in [3.05, 3.63) is 64.7 Å². The molecule has 0 radical (unpaired) electrons. The van der Waals surface area contributed by atoms with E-state index in [9.17, 15) is 14.4 Å². The number of halogens is 1. The maximum atomic E-state index is 12.7. The minimum Gasteiger partial charge on any atom is -0.454 e. The second kappa shape index (κ2) is 9.30. The van der Waals surface area contributed by atoms with Crippen LogP contribution in [-0.4, -0.2) is 36.5 Å². The lowest BCUT2D eigenvalue weighted by Crippen LogP contribution is -2.47. The van der Waals surface area contributed by atoms with Gasteiger partial charge in [0.25, 0.3) is 11.8 Å². The number of hydrogen-bond donors (Lipinski definition) is 1. The first kappa shape index (κ1) is 21.8. The molecule has 0 bridgehead atoms. The zero-order chi connectivity index (χ0) is 21.8. The molecule has 2 aromatic carbocycles. The number of para-hydroxylation sites is 1. The van der Waals surface area contributed by atoms with Gasteiger partial charge in [-0.05, 0) is 43.0 Å². The van der Waals surface area contributed by atoms with Crippen molar-refractivity contribution < 1.29 is 19.1 Å². The summed E-state index contributed by atoms with van der Waals surface area (Å²) in [6.07, 6.45) is 0.762. The Bertz CT molecular complexity index is 960. The lowest BCUT2D eigenvalue weighted by atomic mass is 10.0. The lowest BCUT2D eigenvalue weighted by Gasteiger charge is -2.24. The largest absolute Gasteiger partial charge is 0.454 e. The molecule has 2 aromatic rings. The van der Waals surface area contributed by atoms with Crippen LogP contribution >= 0.6 is 11.6 Å². The van der Waals surface area contributed by atoms with E-state index in [0.29, 0.717) is 5.02 Å². The van der Waals surface area contributed by atoms with Crippen LogP contribution in [0, 0.1) is 5.92 Å². The van der Waals surface area contributed by atoms with Crippen LogP contribution in [0.5, 0.6) is 0 Å². The van der Waals surface area contributed by atoms with Gasteiger partial charge in [0.1, 0.15) is 6.04 Å². The van der Waals surface area contributed by atoms with E-state index in [1.54, 1.807) is 43.0 Å². The second-order valence-electron chi connectivity index (χ2n) is 7.73. The van der Waals surface area contributed by atoms with Gasteiger partial charge in [0.2, 0.25) is 0 Å². The highest BCUT2D eigenvalue weighted by Crippen LogP contribution is 2.31. The van der Waals surface area contributed by atoms with Gasteiger partial charge in [0.05, 0.1) is 10.6 Å². The molecule has 0 spiro atoms. The number of benzene rings is 2. The molecule has 158 valence electrons. The van der Waals surface area contributed by atoms with Crippen molar-refractivity contribution in [3.63, 3.8) is 0 Å². The standard InChI is InChI=1S/C23H25ClN2O4/c1-14(2)21(25-22(28)17-9-5-6-10-18(17)24)23(29)30-13-20(27)26-15(3)12-16-8-4-7-11-19(16)26/h4-11,14-15,21H,12-13H2,1-3H3,(H,25,28)/t15?,21-/m0/s1. The van der Waals surface area contributed by atoms with Crippen molar-refractivity contribution in [3.8, 4) is 0 Å². The Morgan fingerprint density at radius 2 is 1.80 bits per heavy atom. The predicted octanol–water partition coefficient (Wildman–Crippen LogP) is 3.62. The molecule has 1 aliphatic heterocycles. The molecule has 6 nitrogen and oxygen atoms in total. The number of rotatable bonds is 6. The molecule has 0 aromatic heterocycles. The molecule has 1 N–H and O–H groups in total. The Morgan fingerprint density at radius 3 is 2.50 bits per heavy atom. The number of nitrogens with one attached hydrogen (secondary N) is 1. The predicted molar refractivity (Wildman–Crippen MR) is 116 cm³/mol. The fraction of sp³-hybridized carbons (Fsp3) is 0.348. The first-order valence-electron chi connectivity index (χ1n) is 9.91. The van der Waals surface area contributed by atoms with Gasteiger partial charge in [-0.2, -0.15) is 0 Å². The fourth-order valence-corrected chi connectivity index (χ4v) is 3.82. The molecule has 0 saturated carbocycles. The number of ether oxygens (including phenoxy) is 1. The molecule has 0 fully saturated rings. The number of nitrogens with zero attached hydrogens (tertiary/aromatic N) is 1. The molecule has 0 aliphatic carbocycles. The SMILES string of the molecule is CC(C)[C@H](NC(=O)c1ccccc1Cl)C(=O)OCC(=O)N1c2ccccc2CC1C. The highest BCUT2D eigenvalue weighted by Gasteiger charge is 2.32. The van der Waals surface area contributed by atoms with Crippen LogP contribution in [0.3, 0.4) is 0 Å². The van der Waals surface area contributed by atoms with Gasteiger partial charge in [-0.15, -0.1) is 0 Å². The van der Waals surface area contributed by atoms with Gasteiger partial charge in [-0.3, -0.25) is 9.59 Å². The zero-order valence-electron chi connectivity index (χ0n) is 17.2. The topological polar surface area (TPSA) is 75.7 Å². The normalized spacial score (nSPS) is 16.2. The Kier molecular flexibility index (Phi) is 6.77. The smallest absolute Gasteiger partial charge is 0.329 e. The Balaban J connectivity index is 1.64. The first-order valence-corrected chi connectivity index (χ1v) is 10.3. The van der Waals surface area contributed by atoms with Crippen LogP contribution in [0.15, 0.2) is 48.5 Å². The van der Waals surface area contributed by atoms with E-state index < -0.39 is 17.9 Å². The van der Waals surface area contributed by atoms with Crippen molar-refractivity contribution in [1.29, 1.82) is 0 Å². The van der Waals surface area contributed by atoms with Crippen molar-refractivity contribution in [2.45, 2.75) is 39.3 Å². The summed E-state index contributed by atoms with van der Waals surface area (Å²) in [6, 6.07) is 13.4. The van der Waals surface area contributed by atoms with Crippen molar-refractivity contribution in [2.75, 3.05) is 11.5 Å². The molecule has 7 heteroatoms. The van der Waals surface area contributed by atoms with Gasteiger partial charge >= 0.3 is 5.97 Å². The Morgan fingerprint density at radius 1 is 1.13 bits per heavy atom. The van der Waals surface area contributed by atoms with Gasteiger partial charge in [0.15, 0.2) is 6.61 Å². The third-order valence-electron chi connectivity index (χ3n) is 5.14. The molecule has 30 heavy (non-hydrogen) atoms. The number of hydrogen-bond acceptors (Lipinski definition) is 4.